The fourth-order valence-corrected chi connectivity index (χ4v) is 3.84. The number of benzene rings is 1. The van der Waals surface area contributed by atoms with Crippen LogP contribution in [0.1, 0.15) is 34.0 Å². The normalized spacial score (nSPS) is 16.1. The second kappa shape index (κ2) is 6.89. The van der Waals surface area contributed by atoms with E-state index in [4.69, 9.17) is 0 Å². The van der Waals surface area contributed by atoms with Crippen LogP contribution in [0.3, 0.4) is 0 Å². The lowest BCUT2D eigenvalue weighted by atomic mass is 9.95. The molecule has 2 aromatic rings. The number of halogens is 1. The van der Waals surface area contributed by atoms with E-state index >= 15 is 0 Å². The Hall–Kier alpha value is -1.95. The van der Waals surface area contributed by atoms with Gasteiger partial charge in [0.1, 0.15) is 5.82 Å². The van der Waals surface area contributed by atoms with Crippen molar-refractivity contribution in [3.8, 4) is 0 Å². The largest absolute Gasteiger partial charge is 0.356 e. The Labute approximate surface area is 146 Å². The monoisotopic (exact) mass is 346 g/mol. The lowest BCUT2D eigenvalue weighted by molar-refractivity contribution is 0.559. The Morgan fingerprint density at radius 3 is 2.62 bits per heavy atom. The molecule has 4 nitrogen and oxygen atoms in total. The maximum absolute atomic E-state index is 14.1. The molecule has 1 heterocycles. The van der Waals surface area contributed by atoms with Gasteiger partial charge in [0.15, 0.2) is 5.96 Å². The second-order valence-corrected chi connectivity index (χ2v) is 7.57. The number of aliphatic imine (C=N–C) groups is 1. The Bertz CT molecular complexity index is 749. The number of rotatable bonds is 5. The van der Waals surface area contributed by atoms with Crippen molar-refractivity contribution >= 4 is 17.3 Å². The van der Waals surface area contributed by atoms with Crippen molar-refractivity contribution in [1.29, 1.82) is 0 Å². The van der Waals surface area contributed by atoms with Crippen molar-refractivity contribution in [1.82, 2.24) is 15.6 Å². The first kappa shape index (κ1) is 16.9. The lowest BCUT2D eigenvalue weighted by Gasteiger charge is -2.19. The second-order valence-electron chi connectivity index (χ2n) is 6.28. The highest BCUT2D eigenvalue weighted by molar-refractivity contribution is 7.11. The zero-order valence-corrected chi connectivity index (χ0v) is 15.1. The molecule has 128 valence electrons. The molecule has 0 unspecified atom stereocenters. The van der Waals surface area contributed by atoms with Gasteiger partial charge in [-0.15, -0.1) is 11.3 Å². The van der Waals surface area contributed by atoms with Crippen molar-refractivity contribution in [2.24, 2.45) is 4.99 Å². The molecule has 0 radical (unpaired) electrons. The number of nitrogens with one attached hydrogen (secondary N) is 2. The third-order valence-corrected chi connectivity index (χ3v) is 5.61. The average molecular weight is 346 g/mol. The van der Waals surface area contributed by atoms with E-state index < -0.39 is 0 Å². The molecule has 3 rings (SSSR count). The van der Waals surface area contributed by atoms with Crippen LogP contribution >= 0.6 is 11.3 Å². The highest BCUT2D eigenvalue weighted by Gasteiger charge is 2.45. The highest BCUT2D eigenvalue weighted by Crippen LogP contribution is 2.48. The summed E-state index contributed by atoms with van der Waals surface area (Å²) < 4.78 is 14.1. The van der Waals surface area contributed by atoms with Gasteiger partial charge in [0.05, 0.1) is 17.2 Å². The van der Waals surface area contributed by atoms with Gasteiger partial charge in [-0.3, -0.25) is 4.99 Å². The van der Waals surface area contributed by atoms with E-state index in [1.807, 2.05) is 26.0 Å². The highest BCUT2D eigenvalue weighted by atomic mass is 32.1. The minimum atomic E-state index is -0.115. The quantitative estimate of drug-likeness (QED) is 0.645. The molecule has 1 aliphatic rings. The number of aromatic nitrogens is 1. The van der Waals surface area contributed by atoms with Crippen LogP contribution in [-0.2, 0) is 12.0 Å². The molecule has 6 heteroatoms. The molecule has 0 bridgehead atoms. The average Bonchev–Trinajstić information content (AvgIpc) is 3.27. The molecule has 0 saturated heterocycles. The van der Waals surface area contributed by atoms with E-state index in [9.17, 15) is 4.39 Å². The van der Waals surface area contributed by atoms with E-state index in [2.05, 4.69) is 20.6 Å². The summed E-state index contributed by atoms with van der Waals surface area (Å²) >= 11 is 1.70. The molecular formula is C18H23FN4S. The molecule has 0 amide bonds. The van der Waals surface area contributed by atoms with Gasteiger partial charge in [-0.2, -0.15) is 0 Å². The zero-order valence-electron chi connectivity index (χ0n) is 14.3. The van der Waals surface area contributed by atoms with Crippen LogP contribution in [0.15, 0.2) is 29.3 Å². The molecule has 2 N–H and O–H groups in total. The number of aryl methyl sites for hydroxylation is 2. The van der Waals surface area contributed by atoms with Gasteiger partial charge >= 0.3 is 0 Å². The van der Waals surface area contributed by atoms with Gasteiger partial charge in [-0.05, 0) is 38.3 Å². The van der Waals surface area contributed by atoms with Gasteiger partial charge in [0, 0.05) is 23.9 Å². The molecule has 1 saturated carbocycles. The summed E-state index contributed by atoms with van der Waals surface area (Å²) in [6, 6.07) is 7.07. The molecule has 1 aromatic carbocycles. The maximum Gasteiger partial charge on any atom is 0.191 e. The predicted molar refractivity (Wildman–Crippen MR) is 97.1 cm³/mol. The molecule has 1 fully saturated rings. The Morgan fingerprint density at radius 1 is 1.29 bits per heavy atom. The smallest absolute Gasteiger partial charge is 0.191 e. The Morgan fingerprint density at radius 2 is 2.04 bits per heavy atom. The summed E-state index contributed by atoms with van der Waals surface area (Å²) in [6.45, 7) is 5.42. The molecule has 0 aliphatic heterocycles. The number of nitrogens with zero attached hydrogens (tertiary/aromatic N) is 2. The van der Waals surface area contributed by atoms with Crippen LogP contribution in [0.4, 0.5) is 4.39 Å². The van der Waals surface area contributed by atoms with Crippen LogP contribution in [0.25, 0.3) is 0 Å². The minimum absolute atomic E-state index is 0.0973. The fourth-order valence-electron chi connectivity index (χ4n) is 2.96. The molecular weight excluding hydrogens is 323 g/mol. The molecule has 0 spiro atoms. The van der Waals surface area contributed by atoms with Crippen molar-refractivity contribution in [2.75, 3.05) is 13.6 Å². The van der Waals surface area contributed by atoms with Gasteiger partial charge in [-0.1, -0.05) is 18.2 Å². The molecule has 1 aromatic heterocycles. The number of hydrogen-bond acceptors (Lipinski definition) is 3. The zero-order chi connectivity index (χ0) is 17.2. The summed E-state index contributed by atoms with van der Waals surface area (Å²) in [5.74, 6) is 0.624. The van der Waals surface area contributed by atoms with Crippen molar-refractivity contribution < 1.29 is 4.39 Å². The first-order valence-electron chi connectivity index (χ1n) is 8.16. The summed E-state index contributed by atoms with van der Waals surface area (Å²) in [7, 11) is 1.75. The SMILES string of the molecule is CN=C(NCc1sc(C)nc1C)NCC1(c2ccccc2F)CC1. The van der Waals surface area contributed by atoms with Crippen molar-refractivity contribution in [2.45, 2.75) is 38.6 Å². The number of thiazole rings is 1. The Kier molecular flexibility index (Phi) is 4.85. The van der Waals surface area contributed by atoms with Gasteiger partial charge in [-0.25, -0.2) is 9.37 Å². The van der Waals surface area contributed by atoms with E-state index in [1.54, 1.807) is 24.5 Å². The van der Waals surface area contributed by atoms with Crippen LogP contribution < -0.4 is 10.6 Å². The first-order valence-corrected chi connectivity index (χ1v) is 8.98. The summed E-state index contributed by atoms with van der Waals surface area (Å²) in [5.41, 5.74) is 1.77. The van der Waals surface area contributed by atoms with E-state index in [-0.39, 0.29) is 11.2 Å². The van der Waals surface area contributed by atoms with E-state index in [0.29, 0.717) is 13.1 Å². The standard InChI is InChI=1S/C18H23FN4S/c1-12-16(24-13(2)23-12)10-21-17(20-3)22-11-18(8-9-18)14-6-4-5-7-15(14)19/h4-7H,8-11H2,1-3H3,(H2,20,21,22). The van der Waals surface area contributed by atoms with Crippen LogP contribution in [-0.4, -0.2) is 24.5 Å². The number of hydrogen-bond donors (Lipinski definition) is 2. The van der Waals surface area contributed by atoms with Gasteiger partial charge in [0.25, 0.3) is 0 Å². The summed E-state index contributed by atoms with van der Waals surface area (Å²) in [6.07, 6.45) is 2.01. The third kappa shape index (κ3) is 3.59. The first-order chi connectivity index (χ1) is 11.5. The number of guanidine groups is 1. The summed E-state index contributed by atoms with van der Waals surface area (Å²) in [5, 5.41) is 7.75. The van der Waals surface area contributed by atoms with Crippen LogP contribution in [0.5, 0.6) is 0 Å². The third-order valence-electron chi connectivity index (χ3n) is 4.53. The van der Waals surface area contributed by atoms with Gasteiger partial charge < -0.3 is 10.6 Å². The molecule has 24 heavy (non-hydrogen) atoms. The maximum atomic E-state index is 14.1. The van der Waals surface area contributed by atoms with Crippen LogP contribution in [0, 0.1) is 19.7 Å². The Balaban J connectivity index is 1.59. The molecule has 0 atom stereocenters. The van der Waals surface area contributed by atoms with Crippen molar-refractivity contribution in [3.05, 3.63) is 51.2 Å². The van der Waals surface area contributed by atoms with E-state index in [1.165, 1.54) is 10.9 Å². The van der Waals surface area contributed by atoms with Crippen molar-refractivity contribution in [3.63, 3.8) is 0 Å². The van der Waals surface area contributed by atoms with Crippen LogP contribution in [0.2, 0.25) is 0 Å². The lowest BCUT2D eigenvalue weighted by Crippen LogP contribution is -2.41. The minimum Gasteiger partial charge on any atom is -0.356 e. The summed E-state index contributed by atoms with van der Waals surface area (Å²) in [4.78, 5) is 9.92. The fraction of sp³-hybridized carbons (Fsp3) is 0.444. The molecule has 1 aliphatic carbocycles. The van der Waals surface area contributed by atoms with E-state index in [0.717, 1.165) is 35.1 Å². The van der Waals surface area contributed by atoms with Gasteiger partial charge in [0.2, 0.25) is 0 Å². The predicted octanol–water partition coefficient (Wildman–Crippen LogP) is 3.30. The topological polar surface area (TPSA) is 49.3 Å².